The van der Waals surface area contributed by atoms with Gasteiger partial charge in [-0.25, -0.2) is 4.68 Å². The van der Waals surface area contributed by atoms with Crippen LogP contribution < -0.4 is 10.6 Å². The topological polar surface area (TPSA) is 77.0 Å². The lowest BCUT2D eigenvalue weighted by Gasteiger charge is -2.13. The summed E-state index contributed by atoms with van der Waals surface area (Å²) in [4.78, 5) is 17.4. The molecule has 2 rings (SSSR count). The monoisotopic (exact) mass is 273 g/mol. The second kappa shape index (κ2) is 3.80. The van der Waals surface area contributed by atoms with Gasteiger partial charge in [-0.3, -0.25) is 9.69 Å². The number of aryl methyl sites for hydroxylation is 1. The maximum absolute atomic E-state index is 11.7. The highest BCUT2D eigenvalue weighted by Crippen LogP contribution is 2.24. The fraction of sp³-hybridized carbons (Fsp3) is 0.625. The number of amides is 1. The van der Waals surface area contributed by atoms with Crippen LogP contribution >= 0.6 is 15.9 Å². The summed E-state index contributed by atoms with van der Waals surface area (Å²) in [5, 5.41) is 4.74. The Labute approximate surface area is 95.6 Å². The first-order valence-electron chi connectivity index (χ1n) is 4.64. The molecule has 1 saturated heterocycles. The molecule has 0 saturated carbocycles. The van der Waals surface area contributed by atoms with Crippen LogP contribution in [0.5, 0.6) is 0 Å². The molecule has 1 aromatic heterocycles. The maximum atomic E-state index is 11.7. The normalized spacial score (nSPS) is 21.3. The molecule has 2 N–H and O–H groups in total. The number of nitrogens with two attached hydrogens (primary N) is 1. The van der Waals surface area contributed by atoms with E-state index in [1.54, 1.807) is 11.9 Å². The van der Waals surface area contributed by atoms with Gasteiger partial charge in [0.2, 0.25) is 17.8 Å². The molecule has 1 atom stereocenters. The minimum atomic E-state index is 0.0787. The number of alkyl halides is 1. The average Bonchev–Trinajstić information content (AvgIpc) is 2.69. The lowest BCUT2D eigenvalue weighted by atomic mass is 10.2. The van der Waals surface area contributed by atoms with Crippen molar-refractivity contribution in [2.75, 3.05) is 22.5 Å². The highest BCUT2D eigenvalue weighted by atomic mass is 79.9. The third kappa shape index (κ3) is 1.83. The lowest BCUT2D eigenvalue weighted by Crippen LogP contribution is -2.27. The van der Waals surface area contributed by atoms with Crippen molar-refractivity contribution in [2.45, 2.75) is 6.42 Å². The van der Waals surface area contributed by atoms with Crippen LogP contribution in [0.2, 0.25) is 0 Å². The SMILES string of the molecule is Cn1nc(N)nc1N1CC(CBr)CC1=O. The summed E-state index contributed by atoms with van der Waals surface area (Å²) in [7, 11) is 1.73. The van der Waals surface area contributed by atoms with Gasteiger partial charge in [0.15, 0.2) is 0 Å². The summed E-state index contributed by atoms with van der Waals surface area (Å²) >= 11 is 3.38. The van der Waals surface area contributed by atoms with Crippen molar-refractivity contribution in [2.24, 2.45) is 13.0 Å². The molecule has 82 valence electrons. The lowest BCUT2D eigenvalue weighted by molar-refractivity contribution is -0.117. The van der Waals surface area contributed by atoms with E-state index in [2.05, 4.69) is 26.0 Å². The summed E-state index contributed by atoms with van der Waals surface area (Å²) in [5.41, 5.74) is 5.47. The number of anilines is 2. The molecule has 15 heavy (non-hydrogen) atoms. The van der Waals surface area contributed by atoms with Crippen molar-refractivity contribution < 1.29 is 4.79 Å². The first kappa shape index (κ1) is 10.4. The van der Waals surface area contributed by atoms with Crippen LogP contribution in [0.3, 0.4) is 0 Å². The predicted molar refractivity (Wildman–Crippen MR) is 59.7 cm³/mol. The smallest absolute Gasteiger partial charge is 0.241 e. The molecular weight excluding hydrogens is 262 g/mol. The minimum Gasteiger partial charge on any atom is -0.366 e. The van der Waals surface area contributed by atoms with E-state index in [1.807, 2.05) is 0 Å². The van der Waals surface area contributed by atoms with Crippen molar-refractivity contribution >= 4 is 33.7 Å². The zero-order chi connectivity index (χ0) is 11.0. The quantitative estimate of drug-likeness (QED) is 0.778. The number of nitrogens with zero attached hydrogens (tertiary/aromatic N) is 4. The summed E-state index contributed by atoms with van der Waals surface area (Å²) in [6.45, 7) is 0.677. The molecule has 0 aliphatic carbocycles. The van der Waals surface area contributed by atoms with Crippen molar-refractivity contribution in [3.8, 4) is 0 Å². The van der Waals surface area contributed by atoms with Crippen LogP contribution in [-0.4, -0.2) is 32.5 Å². The first-order chi connectivity index (χ1) is 7.11. The van der Waals surface area contributed by atoms with E-state index < -0.39 is 0 Å². The highest BCUT2D eigenvalue weighted by molar-refractivity contribution is 9.09. The molecule has 1 aliphatic rings. The number of carbonyl (C=O) groups excluding carboxylic acids is 1. The summed E-state index contributed by atoms with van der Waals surface area (Å²) in [6, 6.07) is 0. The third-order valence-electron chi connectivity index (χ3n) is 2.42. The maximum Gasteiger partial charge on any atom is 0.241 e. The largest absolute Gasteiger partial charge is 0.366 e. The van der Waals surface area contributed by atoms with E-state index in [0.29, 0.717) is 24.8 Å². The molecule has 0 bridgehead atoms. The van der Waals surface area contributed by atoms with Crippen LogP contribution in [0.4, 0.5) is 11.9 Å². The molecule has 1 fully saturated rings. The Hall–Kier alpha value is -1.11. The standard InChI is InChI=1S/C8H12BrN5O/c1-13-8(11-7(10)12-13)14-4-5(3-9)2-6(14)15/h5H,2-4H2,1H3,(H2,10,12). The van der Waals surface area contributed by atoms with Crippen LogP contribution in [0.1, 0.15) is 6.42 Å². The molecule has 1 amide bonds. The molecule has 0 radical (unpaired) electrons. The average molecular weight is 274 g/mol. The Morgan fingerprint density at radius 1 is 1.67 bits per heavy atom. The Bertz CT molecular complexity index is 390. The summed E-state index contributed by atoms with van der Waals surface area (Å²) in [5.74, 6) is 1.15. The van der Waals surface area contributed by atoms with Crippen LogP contribution in [0.15, 0.2) is 0 Å². The molecule has 2 heterocycles. The van der Waals surface area contributed by atoms with Crippen molar-refractivity contribution in [3.05, 3.63) is 0 Å². The molecule has 1 aromatic rings. The number of halogens is 1. The zero-order valence-corrected chi connectivity index (χ0v) is 9.94. The van der Waals surface area contributed by atoms with Gasteiger partial charge in [-0.15, -0.1) is 5.10 Å². The van der Waals surface area contributed by atoms with Gasteiger partial charge in [-0.2, -0.15) is 4.98 Å². The predicted octanol–water partition coefficient (Wildman–Crippen LogP) is 0.145. The van der Waals surface area contributed by atoms with Crippen molar-refractivity contribution in [1.82, 2.24) is 14.8 Å². The highest BCUT2D eigenvalue weighted by Gasteiger charge is 2.32. The number of aromatic nitrogens is 3. The number of hydrogen-bond donors (Lipinski definition) is 1. The third-order valence-corrected chi connectivity index (χ3v) is 3.34. The fourth-order valence-electron chi connectivity index (χ4n) is 1.71. The van der Waals surface area contributed by atoms with Gasteiger partial charge in [0.05, 0.1) is 0 Å². The van der Waals surface area contributed by atoms with E-state index in [1.165, 1.54) is 4.68 Å². The molecule has 0 aromatic carbocycles. The van der Waals surface area contributed by atoms with E-state index in [4.69, 9.17) is 5.73 Å². The van der Waals surface area contributed by atoms with Gasteiger partial charge in [-0.1, -0.05) is 15.9 Å². The van der Waals surface area contributed by atoms with Gasteiger partial charge in [-0.05, 0) is 5.92 Å². The van der Waals surface area contributed by atoms with Gasteiger partial charge in [0.1, 0.15) is 0 Å². The van der Waals surface area contributed by atoms with Crippen molar-refractivity contribution in [1.29, 1.82) is 0 Å². The number of nitrogen functional groups attached to an aromatic ring is 1. The molecule has 7 heteroatoms. The van der Waals surface area contributed by atoms with E-state index >= 15 is 0 Å². The second-order valence-corrected chi connectivity index (χ2v) is 4.27. The number of hydrogen-bond acceptors (Lipinski definition) is 4. The van der Waals surface area contributed by atoms with Gasteiger partial charge in [0, 0.05) is 25.3 Å². The number of rotatable bonds is 2. The molecule has 1 aliphatic heterocycles. The molecule has 0 spiro atoms. The summed E-state index contributed by atoms with van der Waals surface area (Å²) < 4.78 is 1.53. The number of carbonyl (C=O) groups is 1. The van der Waals surface area contributed by atoms with E-state index in [9.17, 15) is 4.79 Å². The fourth-order valence-corrected chi connectivity index (χ4v) is 2.14. The van der Waals surface area contributed by atoms with Crippen LogP contribution in [0, 0.1) is 5.92 Å². The molecular formula is C8H12BrN5O. The summed E-state index contributed by atoms with van der Waals surface area (Å²) in [6.07, 6.45) is 0.554. The van der Waals surface area contributed by atoms with Crippen LogP contribution in [-0.2, 0) is 11.8 Å². The van der Waals surface area contributed by atoms with Crippen LogP contribution in [0.25, 0.3) is 0 Å². The second-order valence-electron chi connectivity index (χ2n) is 3.62. The Kier molecular flexibility index (Phi) is 2.64. The Morgan fingerprint density at radius 3 is 2.87 bits per heavy atom. The Morgan fingerprint density at radius 2 is 2.40 bits per heavy atom. The first-order valence-corrected chi connectivity index (χ1v) is 5.76. The van der Waals surface area contributed by atoms with E-state index in [0.717, 1.165) is 5.33 Å². The zero-order valence-electron chi connectivity index (χ0n) is 8.35. The van der Waals surface area contributed by atoms with Gasteiger partial charge >= 0.3 is 0 Å². The Balaban J connectivity index is 2.25. The molecule has 1 unspecified atom stereocenters. The van der Waals surface area contributed by atoms with Gasteiger partial charge < -0.3 is 5.73 Å². The minimum absolute atomic E-state index is 0.0787. The van der Waals surface area contributed by atoms with E-state index in [-0.39, 0.29) is 11.9 Å². The molecule has 6 nitrogen and oxygen atoms in total. The van der Waals surface area contributed by atoms with Crippen molar-refractivity contribution in [3.63, 3.8) is 0 Å². The van der Waals surface area contributed by atoms with Gasteiger partial charge in [0.25, 0.3) is 0 Å².